The fourth-order valence-corrected chi connectivity index (χ4v) is 2.81. The number of aliphatic hydroxyl groups excluding tert-OH is 1. The van der Waals surface area contributed by atoms with Gasteiger partial charge in [-0.2, -0.15) is 0 Å². The molecule has 2 aliphatic rings. The Labute approximate surface area is 92.2 Å². The summed E-state index contributed by atoms with van der Waals surface area (Å²) in [6.45, 7) is 3.41. The second kappa shape index (κ2) is 5.28. The molecule has 0 amide bonds. The van der Waals surface area contributed by atoms with E-state index < -0.39 is 0 Å². The molecular weight excluding hydrogens is 190 g/mol. The maximum Gasteiger partial charge on any atom is 0.0948 e. The van der Waals surface area contributed by atoms with Gasteiger partial charge in [-0.05, 0) is 25.7 Å². The lowest BCUT2D eigenvalue weighted by molar-refractivity contribution is 0.119. The highest BCUT2D eigenvalue weighted by molar-refractivity contribution is 4.85. The van der Waals surface area contributed by atoms with Crippen LogP contribution in [0, 0.1) is 5.92 Å². The molecule has 0 bridgehead atoms. The van der Waals surface area contributed by atoms with Crippen molar-refractivity contribution in [1.82, 2.24) is 5.32 Å². The Balaban J connectivity index is 1.77. The molecule has 1 saturated carbocycles. The van der Waals surface area contributed by atoms with Gasteiger partial charge < -0.3 is 15.2 Å². The second-order valence-corrected chi connectivity index (χ2v) is 5.06. The van der Waals surface area contributed by atoms with Gasteiger partial charge in [-0.1, -0.05) is 19.3 Å². The summed E-state index contributed by atoms with van der Waals surface area (Å²) in [4.78, 5) is 0. The molecule has 0 radical (unpaired) electrons. The maximum absolute atomic E-state index is 9.65. The van der Waals surface area contributed by atoms with Crippen molar-refractivity contribution in [3.05, 3.63) is 0 Å². The van der Waals surface area contributed by atoms with E-state index in [0.717, 1.165) is 5.92 Å². The largest absolute Gasteiger partial charge is 0.389 e. The van der Waals surface area contributed by atoms with Crippen LogP contribution >= 0.6 is 0 Å². The summed E-state index contributed by atoms with van der Waals surface area (Å²) in [7, 11) is 0. The molecule has 2 rings (SSSR count). The van der Waals surface area contributed by atoms with Crippen LogP contribution in [0.2, 0.25) is 0 Å². The van der Waals surface area contributed by atoms with Crippen LogP contribution in [0.25, 0.3) is 0 Å². The lowest BCUT2D eigenvalue weighted by Gasteiger charge is -2.31. The van der Waals surface area contributed by atoms with Crippen molar-refractivity contribution in [3.63, 3.8) is 0 Å². The number of rotatable bonds is 3. The minimum atomic E-state index is -0.309. The lowest BCUT2D eigenvalue weighted by Crippen LogP contribution is -2.47. The van der Waals surface area contributed by atoms with E-state index >= 15 is 0 Å². The third kappa shape index (κ3) is 2.92. The first kappa shape index (κ1) is 11.4. The molecule has 0 aromatic heterocycles. The summed E-state index contributed by atoms with van der Waals surface area (Å²) in [5.74, 6) is 0.798. The fraction of sp³-hybridized carbons (Fsp3) is 1.00. The molecule has 15 heavy (non-hydrogen) atoms. The topological polar surface area (TPSA) is 41.5 Å². The third-order valence-corrected chi connectivity index (χ3v) is 3.88. The monoisotopic (exact) mass is 213 g/mol. The first-order valence-electron chi connectivity index (χ1n) is 6.29. The van der Waals surface area contributed by atoms with Gasteiger partial charge in [0.15, 0.2) is 0 Å². The average molecular weight is 213 g/mol. The van der Waals surface area contributed by atoms with E-state index in [2.05, 4.69) is 12.2 Å². The molecule has 1 aliphatic carbocycles. The van der Waals surface area contributed by atoms with Crippen molar-refractivity contribution in [1.29, 1.82) is 0 Å². The van der Waals surface area contributed by atoms with E-state index in [1.165, 1.54) is 32.1 Å². The molecule has 1 saturated heterocycles. The molecule has 88 valence electrons. The number of hydrogen-bond donors (Lipinski definition) is 2. The van der Waals surface area contributed by atoms with Gasteiger partial charge >= 0.3 is 0 Å². The molecule has 0 aromatic rings. The maximum atomic E-state index is 9.65. The Morgan fingerprint density at radius 3 is 2.53 bits per heavy atom. The third-order valence-electron chi connectivity index (χ3n) is 3.88. The van der Waals surface area contributed by atoms with Crippen molar-refractivity contribution in [3.8, 4) is 0 Å². The first-order valence-corrected chi connectivity index (χ1v) is 6.29. The van der Waals surface area contributed by atoms with Crippen molar-refractivity contribution in [2.24, 2.45) is 5.92 Å². The van der Waals surface area contributed by atoms with Crippen LogP contribution < -0.4 is 5.32 Å². The van der Waals surface area contributed by atoms with Crippen molar-refractivity contribution >= 4 is 0 Å². The number of ether oxygens (including phenoxy) is 1. The minimum absolute atomic E-state index is 0.155. The van der Waals surface area contributed by atoms with Gasteiger partial charge in [0.25, 0.3) is 0 Å². The summed E-state index contributed by atoms with van der Waals surface area (Å²) in [5, 5.41) is 13.2. The van der Waals surface area contributed by atoms with Crippen LogP contribution in [0.3, 0.4) is 0 Å². The molecule has 0 aromatic carbocycles. The number of hydrogen-bond acceptors (Lipinski definition) is 3. The van der Waals surface area contributed by atoms with Gasteiger partial charge in [-0.15, -0.1) is 0 Å². The van der Waals surface area contributed by atoms with Gasteiger partial charge in [0, 0.05) is 6.04 Å². The Hall–Kier alpha value is -0.120. The molecule has 0 spiro atoms. The van der Waals surface area contributed by atoms with Crippen LogP contribution in [-0.2, 0) is 4.74 Å². The smallest absolute Gasteiger partial charge is 0.0948 e. The zero-order valence-corrected chi connectivity index (χ0v) is 9.61. The van der Waals surface area contributed by atoms with Crippen LogP contribution in [0.1, 0.15) is 39.0 Å². The molecule has 2 N–H and O–H groups in total. The van der Waals surface area contributed by atoms with Crippen LogP contribution in [0.5, 0.6) is 0 Å². The Bertz CT molecular complexity index is 192. The van der Waals surface area contributed by atoms with E-state index in [4.69, 9.17) is 4.74 Å². The van der Waals surface area contributed by atoms with E-state index in [0.29, 0.717) is 19.3 Å². The lowest BCUT2D eigenvalue weighted by atomic mass is 9.84. The normalized spacial score (nSPS) is 35.6. The van der Waals surface area contributed by atoms with Crippen LogP contribution in [0.15, 0.2) is 0 Å². The van der Waals surface area contributed by atoms with E-state index in [-0.39, 0.29) is 12.1 Å². The summed E-state index contributed by atoms with van der Waals surface area (Å²) >= 11 is 0. The molecule has 3 nitrogen and oxygen atoms in total. The van der Waals surface area contributed by atoms with Gasteiger partial charge in [-0.3, -0.25) is 0 Å². The Kier molecular flexibility index (Phi) is 4.00. The average Bonchev–Trinajstić information content (AvgIpc) is 2.66. The number of nitrogens with one attached hydrogen (secondary N) is 1. The predicted octanol–water partition coefficient (Wildman–Crippen LogP) is 1.30. The van der Waals surface area contributed by atoms with Gasteiger partial charge in [0.05, 0.1) is 25.4 Å². The summed E-state index contributed by atoms with van der Waals surface area (Å²) < 4.78 is 5.25. The van der Waals surface area contributed by atoms with Gasteiger partial charge in [0.1, 0.15) is 0 Å². The molecule has 2 fully saturated rings. The first-order chi connectivity index (χ1) is 7.27. The highest BCUT2D eigenvalue weighted by atomic mass is 16.5. The number of aliphatic hydroxyl groups is 1. The summed E-state index contributed by atoms with van der Waals surface area (Å²) in [6.07, 6.45) is 6.53. The molecule has 3 heteroatoms. The fourth-order valence-electron chi connectivity index (χ4n) is 2.81. The van der Waals surface area contributed by atoms with Crippen molar-refractivity contribution < 1.29 is 9.84 Å². The molecule has 3 atom stereocenters. The van der Waals surface area contributed by atoms with Crippen LogP contribution in [0.4, 0.5) is 0 Å². The quantitative estimate of drug-likeness (QED) is 0.742. The molecular formula is C12H23NO2. The van der Waals surface area contributed by atoms with Gasteiger partial charge in [-0.25, -0.2) is 0 Å². The second-order valence-electron chi connectivity index (χ2n) is 5.06. The van der Waals surface area contributed by atoms with Gasteiger partial charge in [0.2, 0.25) is 0 Å². The minimum Gasteiger partial charge on any atom is -0.389 e. The SMILES string of the molecule is CC(NC1COCC1O)C1CCCCC1. The van der Waals surface area contributed by atoms with E-state index in [9.17, 15) is 5.11 Å². The predicted molar refractivity (Wildman–Crippen MR) is 59.8 cm³/mol. The summed E-state index contributed by atoms with van der Waals surface area (Å²) in [5.41, 5.74) is 0. The molecule has 1 aliphatic heterocycles. The highest BCUT2D eigenvalue weighted by Crippen LogP contribution is 2.26. The van der Waals surface area contributed by atoms with Crippen molar-refractivity contribution in [2.75, 3.05) is 13.2 Å². The highest BCUT2D eigenvalue weighted by Gasteiger charge is 2.29. The Morgan fingerprint density at radius 2 is 1.93 bits per heavy atom. The zero-order chi connectivity index (χ0) is 10.7. The molecule has 3 unspecified atom stereocenters. The summed E-state index contributed by atoms with van der Waals surface area (Å²) in [6, 6.07) is 0.675. The van der Waals surface area contributed by atoms with E-state index in [1.54, 1.807) is 0 Å². The standard InChI is InChI=1S/C12H23NO2/c1-9(10-5-3-2-4-6-10)13-11-7-15-8-12(11)14/h9-14H,2-8H2,1H3. The Morgan fingerprint density at radius 1 is 1.20 bits per heavy atom. The zero-order valence-electron chi connectivity index (χ0n) is 9.61. The van der Waals surface area contributed by atoms with Crippen molar-refractivity contribution in [2.45, 2.75) is 57.2 Å². The molecule has 1 heterocycles. The van der Waals surface area contributed by atoms with E-state index in [1.807, 2.05) is 0 Å². The van der Waals surface area contributed by atoms with Crippen LogP contribution in [-0.4, -0.2) is 36.5 Å².